The summed E-state index contributed by atoms with van der Waals surface area (Å²) in [6.07, 6.45) is 1.72. The summed E-state index contributed by atoms with van der Waals surface area (Å²) in [5.41, 5.74) is 6.70. The van der Waals surface area contributed by atoms with Crippen molar-refractivity contribution in [1.29, 1.82) is 0 Å². The van der Waals surface area contributed by atoms with Crippen molar-refractivity contribution < 1.29 is 4.79 Å². The molecule has 0 bridgehead atoms. The largest absolute Gasteiger partial charge is 0.396 e. The van der Waals surface area contributed by atoms with Gasteiger partial charge in [0.25, 0.3) is 5.91 Å². The minimum atomic E-state index is -0.0640. The lowest BCUT2D eigenvalue weighted by molar-refractivity contribution is 0.0307. The Hall–Kier alpha value is -1.56. The molecule has 2 heterocycles. The van der Waals surface area contributed by atoms with Gasteiger partial charge in [-0.15, -0.1) is 0 Å². The van der Waals surface area contributed by atoms with Crippen LogP contribution in [0.25, 0.3) is 0 Å². The average molecular weight is 265 g/mol. The highest BCUT2D eigenvalue weighted by Gasteiger charge is 2.34. The summed E-state index contributed by atoms with van der Waals surface area (Å²) in [6, 6.07) is 0. The van der Waals surface area contributed by atoms with E-state index in [1.54, 1.807) is 10.9 Å². The average Bonchev–Trinajstić information content (AvgIpc) is 2.73. The number of nitrogens with two attached hydrogens (primary N) is 1. The first-order chi connectivity index (χ1) is 8.85. The fourth-order valence-electron chi connectivity index (χ4n) is 2.33. The second-order valence-electron chi connectivity index (χ2n) is 5.75. The van der Waals surface area contributed by atoms with Gasteiger partial charge in [-0.3, -0.25) is 14.4 Å². The molecule has 0 aliphatic carbocycles. The first-order valence-corrected chi connectivity index (χ1v) is 6.68. The standard InChI is InChI=1S/C13H23N5O/c1-5-18-8-10(14)11(15-18)12(19)17-7-6-16(4)13(2,3)9-17/h8H,5-7,9,14H2,1-4H3. The zero-order chi connectivity index (χ0) is 14.2. The van der Waals surface area contributed by atoms with Crippen LogP contribution in [0.5, 0.6) is 0 Å². The number of aromatic nitrogens is 2. The number of nitrogens with zero attached hydrogens (tertiary/aromatic N) is 4. The zero-order valence-corrected chi connectivity index (χ0v) is 12.2. The minimum absolute atomic E-state index is 0.0179. The first-order valence-electron chi connectivity index (χ1n) is 6.68. The third-order valence-electron chi connectivity index (χ3n) is 3.92. The molecule has 1 aromatic heterocycles. The van der Waals surface area contributed by atoms with Crippen molar-refractivity contribution in [2.75, 3.05) is 32.4 Å². The molecule has 2 rings (SSSR count). The highest BCUT2D eigenvalue weighted by molar-refractivity contribution is 5.97. The molecule has 2 N–H and O–H groups in total. The van der Waals surface area contributed by atoms with Crippen LogP contribution < -0.4 is 5.73 Å². The monoisotopic (exact) mass is 265 g/mol. The molecule has 1 saturated heterocycles. The fourth-order valence-corrected chi connectivity index (χ4v) is 2.33. The molecule has 1 aliphatic rings. The van der Waals surface area contributed by atoms with E-state index in [-0.39, 0.29) is 11.4 Å². The van der Waals surface area contributed by atoms with Crippen molar-refractivity contribution in [3.05, 3.63) is 11.9 Å². The number of carbonyl (C=O) groups excluding carboxylic acids is 1. The van der Waals surface area contributed by atoms with E-state index in [1.165, 1.54) is 0 Å². The van der Waals surface area contributed by atoms with Crippen LogP contribution in [0.2, 0.25) is 0 Å². The summed E-state index contributed by atoms with van der Waals surface area (Å²) >= 11 is 0. The Labute approximate surface area is 114 Å². The van der Waals surface area contributed by atoms with Gasteiger partial charge in [0.15, 0.2) is 5.69 Å². The van der Waals surface area contributed by atoms with Gasteiger partial charge in [-0.25, -0.2) is 0 Å². The van der Waals surface area contributed by atoms with Crippen LogP contribution in [-0.4, -0.2) is 57.7 Å². The number of hydrogen-bond acceptors (Lipinski definition) is 4. The van der Waals surface area contributed by atoms with Gasteiger partial charge in [-0.1, -0.05) is 0 Å². The van der Waals surface area contributed by atoms with Crippen molar-refractivity contribution in [3.63, 3.8) is 0 Å². The highest BCUT2D eigenvalue weighted by atomic mass is 16.2. The normalized spacial score (nSPS) is 19.7. The van der Waals surface area contributed by atoms with E-state index >= 15 is 0 Å². The van der Waals surface area contributed by atoms with Crippen molar-refractivity contribution in [2.24, 2.45) is 0 Å². The fraction of sp³-hybridized carbons (Fsp3) is 0.692. The Bertz CT molecular complexity index is 479. The van der Waals surface area contributed by atoms with Crippen LogP contribution in [0.4, 0.5) is 5.69 Å². The lowest BCUT2D eigenvalue weighted by Crippen LogP contribution is -2.58. The molecular weight excluding hydrogens is 242 g/mol. The number of hydrogen-bond donors (Lipinski definition) is 1. The molecule has 0 unspecified atom stereocenters. The van der Waals surface area contributed by atoms with Crippen molar-refractivity contribution in [3.8, 4) is 0 Å². The number of anilines is 1. The maximum Gasteiger partial charge on any atom is 0.276 e. The Morgan fingerprint density at radius 2 is 2.16 bits per heavy atom. The molecule has 6 heteroatoms. The molecule has 0 aromatic carbocycles. The van der Waals surface area contributed by atoms with E-state index in [1.807, 2.05) is 11.8 Å². The predicted octanol–water partition coefficient (Wildman–Crippen LogP) is 0.651. The van der Waals surface area contributed by atoms with Gasteiger partial charge in [0.05, 0.1) is 5.69 Å². The summed E-state index contributed by atoms with van der Waals surface area (Å²) in [5.74, 6) is -0.0640. The van der Waals surface area contributed by atoms with Crippen LogP contribution in [0.1, 0.15) is 31.3 Å². The van der Waals surface area contributed by atoms with E-state index in [9.17, 15) is 4.79 Å². The Morgan fingerprint density at radius 3 is 2.68 bits per heavy atom. The number of rotatable bonds is 2. The quantitative estimate of drug-likeness (QED) is 0.852. The Morgan fingerprint density at radius 1 is 1.47 bits per heavy atom. The summed E-state index contributed by atoms with van der Waals surface area (Å²) in [4.78, 5) is 16.6. The molecule has 0 saturated carbocycles. The van der Waals surface area contributed by atoms with E-state index < -0.39 is 0 Å². The van der Waals surface area contributed by atoms with Gasteiger partial charge in [-0.05, 0) is 27.8 Å². The van der Waals surface area contributed by atoms with Crippen LogP contribution in [-0.2, 0) is 6.54 Å². The van der Waals surface area contributed by atoms with E-state index in [2.05, 4.69) is 30.9 Å². The molecule has 1 aliphatic heterocycles. The lowest BCUT2D eigenvalue weighted by Gasteiger charge is -2.45. The number of aryl methyl sites for hydroxylation is 1. The molecular formula is C13H23N5O. The molecule has 1 aromatic rings. The van der Waals surface area contributed by atoms with Gasteiger partial charge < -0.3 is 10.6 Å². The molecule has 1 amide bonds. The van der Waals surface area contributed by atoms with E-state index in [0.717, 1.165) is 13.1 Å². The molecule has 6 nitrogen and oxygen atoms in total. The van der Waals surface area contributed by atoms with Gasteiger partial charge in [-0.2, -0.15) is 5.10 Å². The van der Waals surface area contributed by atoms with Crippen LogP contribution in [0.3, 0.4) is 0 Å². The number of nitrogen functional groups attached to an aromatic ring is 1. The zero-order valence-electron chi connectivity index (χ0n) is 12.2. The maximum absolute atomic E-state index is 12.5. The second kappa shape index (κ2) is 4.85. The second-order valence-corrected chi connectivity index (χ2v) is 5.75. The number of carbonyl (C=O) groups is 1. The predicted molar refractivity (Wildman–Crippen MR) is 74.9 cm³/mol. The SMILES string of the molecule is CCn1cc(N)c(C(=O)N2CCN(C)C(C)(C)C2)n1. The number of amides is 1. The number of piperazine rings is 1. The van der Waals surface area contributed by atoms with Crippen LogP contribution >= 0.6 is 0 Å². The number of likely N-dealkylation sites (N-methyl/N-ethyl adjacent to an activating group) is 1. The summed E-state index contributed by atoms with van der Waals surface area (Å²) in [7, 11) is 2.09. The molecule has 19 heavy (non-hydrogen) atoms. The van der Waals surface area contributed by atoms with Gasteiger partial charge in [0.1, 0.15) is 0 Å². The lowest BCUT2D eigenvalue weighted by atomic mass is 9.99. The van der Waals surface area contributed by atoms with Gasteiger partial charge in [0.2, 0.25) is 0 Å². The first kappa shape index (κ1) is 13.9. The van der Waals surface area contributed by atoms with Crippen molar-refractivity contribution >= 4 is 11.6 Å². The highest BCUT2D eigenvalue weighted by Crippen LogP contribution is 2.21. The molecule has 0 radical (unpaired) electrons. The minimum Gasteiger partial charge on any atom is -0.396 e. The van der Waals surface area contributed by atoms with Crippen molar-refractivity contribution in [1.82, 2.24) is 19.6 Å². The third-order valence-corrected chi connectivity index (χ3v) is 3.92. The summed E-state index contributed by atoms with van der Waals surface area (Å²) < 4.78 is 1.70. The third kappa shape index (κ3) is 2.58. The van der Waals surface area contributed by atoms with Crippen LogP contribution in [0.15, 0.2) is 6.20 Å². The maximum atomic E-state index is 12.5. The topological polar surface area (TPSA) is 67.4 Å². The molecule has 0 spiro atoms. The molecule has 106 valence electrons. The van der Waals surface area contributed by atoms with E-state index in [0.29, 0.717) is 24.5 Å². The Balaban J connectivity index is 2.18. The molecule has 0 atom stereocenters. The van der Waals surface area contributed by atoms with Crippen molar-refractivity contribution in [2.45, 2.75) is 32.9 Å². The summed E-state index contributed by atoms with van der Waals surface area (Å²) in [5, 5.41) is 4.26. The summed E-state index contributed by atoms with van der Waals surface area (Å²) in [6.45, 7) is 9.25. The van der Waals surface area contributed by atoms with Crippen LogP contribution in [0, 0.1) is 0 Å². The molecule has 1 fully saturated rings. The smallest absolute Gasteiger partial charge is 0.276 e. The van der Waals surface area contributed by atoms with E-state index in [4.69, 9.17) is 5.73 Å². The van der Waals surface area contributed by atoms with Gasteiger partial charge in [0, 0.05) is 37.9 Å². The Kier molecular flexibility index (Phi) is 3.54. The van der Waals surface area contributed by atoms with Gasteiger partial charge >= 0.3 is 0 Å².